The van der Waals surface area contributed by atoms with Gasteiger partial charge in [-0.15, -0.1) is 0 Å². The lowest BCUT2D eigenvalue weighted by Gasteiger charge is -2.41. The van der Waals surface area contributed by atoms with Gasteiger partial charge in [-0.2, -0.15) is 0 Å². The van der Waals surface area contributed by atoms with Crippen LogP contribution < -0.4 is 5.73 Å². The molecule has 1 fully saturated rings. The van der Waals surface area contributed by atoms with E-state index < -0.39 is 0 Å². The van der Waals surface area contributed by atoms with E-state index in [4.69, 9.17) is 17.3 Å². The lowest BCUT2D eigenvalue weighted by atomic mass is 9.69. The van der Waals surface area contributed by atoms with Crippen molar-refractivity contribution in [3.05, 3.63) is 34.6 Å². The molecule has 2 rings (SSSR count). The van der Waals surface area contributed by atoms with Crippen molar-refractivity contribution in [2.75, 3.05) is 0 Å². The molecule has 1 saturated carbocycles. The highest BCUT2D eigenvalue weighted by molar-refractivity contribution is 6.31. The summed E-state index contributed by atoms with van der Waals surface area (Å²) in [5.41, 5.74) is 6.85. The maximum absolute atomic E-state index is 13.9. The summed E-state index contributed by atoms with van der Waals surface area (Å²) >= 11 is 6.11. The van der Waals surface area contributed by atoms with E-state index in [-0.39, 0.29) is 11.4 Å². The first-order chi connectivity index (χ1) is 8.57. The number of hydrogen-bond acceptors (Lipinski definition) is 1. The second-order valence-corrected chi connectivity index (χ2v) is 5.87. The summed E-state index contributed by atoms with van der Waals surface area (Å²) in [5, 5.41) is 0.500. The van der Waals surface area contributed by atoms with Crippen molar-refractivity contribution in [1.82, 2.24) is 0 Å². The summed E-state index contributed by atoms with van der Waals surface area (Å²) in [5.74, 6) is 0.245. The molecule has 100 valence electrons. The minimum atomic E-state index is -0.293. The van der Waals surface area contributed by atoms with Crippen molar-refractivity contribution < 1.29 is 4.39 Å². The molecule has 0 spiro atoms. The molecule has 1 aromatic carbocycles. The van der Waals surface area contributed by atoms with Crippen LogP contribution in [-0.2, 0) is 6.42 Å². The minimum absolute atomic E-state index is 0.229. The molecule has 0 aromatic heterocycles. The van der Waals surface area contributed by atoms with Gasteiger partial charge in [-0.3, -0.25) is 0 Å². The molecule has 1 aliphatic carbocycles. The summed E-state index contributed by atoms with van der Waals surface area (Å²) in [6.45, 7) is 2.17. The summed E-state index contributed by atoms with van der Waals surface area (Å²) in [6, 6.07) is 4.85. The van der Waals surface area contributed by atoms with Gasteiger partial charge in [0.25, 0.3) is 0 Å². The van der Waals surface area contributed by atoms with Gasteiger partial charge in [-0.1, -0.05) is 43.9 Å². The van der Waals surface area contributed by atoms with Gasteiger partial charge in [0.05, 0.1) is 0 Å². The molecule has 1 nitrogen and oxygen atoms in total. The maximum atomic E-state index is 13.9. The lowest BCUT2D eigenvalue weighted by Crippen LogP contribution is -2.51. The van der Waals surface area contributed by atoms with Crippen LogP contribution in [0.2, 0.25) is 5.02 Å². The Bertz CT molecular complexity index is 401. The van der Waals surface area contributed by atoms with Crippen LogP contribution in [0.1, 0.15) is 44.6 Å². The van der Waals surface area contributed by atoms with E-state index in [0.717, 1.165) is 25.7 Å². The third-order valence-corrected chi connectivity index (χ3v) is 4.67. The van der Waals surface area contributed by atoms with E-state index in [0.29, 0.717) is 22.9 Å². The highest BCUT2D eigenvalue weighted by Gasteiger charge is 2.37. The molecule has 1 aromatic rings. The quantitative estimate of drug-likeness (QED) is 0.869. The number of hydrogen-bond donors (Lipinski definition) is 1. The number of halogens is 2. The Morgan fingerprint density at radius 3 is 2.89 bits per heavy atom. The molecule has 2 atom stereocenters. The fourth-order valence-corrected chi connectivity index (χ4v) is 3.44. The molecule has 1 aliphatic rings. The largest absolute Gasteiger partial charge is 0.325 e. The van der Waals surface area contributed by atoms with E-state index in [1.807, 2.05) is 0 Å². The molecule has 18 heavy (non-hydrogen) atoms. The third-order valence-electron chi connectivity index (χ3n) is 4.32. The molecule has 0 saturated heterocycles. The molecule has 0 heterocycles. The first-order valence-corrected chi connectivity index (χ1v) is 7.16. The van der Waals surface area contributed by atoms with Crippen LogP contribution in [-0.4, -0.2) is 5.54 Å². The summed E-state index contributed by atoms with van der Waals surface area (Å²) in [7, 11) is 0. The molecular weight excluding hydrogens is 249 g/mol. The topological polar surface area (TPSA) is 26.0 Å². The summed E-state index contributed by atoms with van der Waals surface area (Å²) in [4.78, 5) is 0. The van der Waals surface area contributed by atoms with Crippen molar-refractivity contribution in [3.63, 3.8) is 0 Å². The highest BCUT2D eigenvalue weighted by atomic mass is 35.5. The zero-order valence-corrected chi connectivity index (χ0v) is 11.6. The Kier molecular flexibility index (Phi) is 4.29. The van der Waals surface area contributed by atoms with Crippen molar-refractivity contribution in [2.45, 2.75) is 51.0 Å². The summed E-state index contributed by atoms with van der Waals surface area (Å²) < 4.78 is 13.9. The third kappa shape index (κ3) is 2.70. The SMILES string of the molecule is CCC1CCCCC1(N)Cc1c(F)cccc1Cl. The van der Waals surface area contributed by atoms with Crippen molar-refractivity contribution in [1.29, 1.82) is 0 Å². The first-order valence-electron chi connectivity index (χ1n) is 6.78. The Morgan fingerprint density at radius 1 is 1.44 bits per heavy atom. The van der Waals surface area contributed by atoms with E-state index in [1.54, 1.807) is 12.1 Å². The van der Waals surface area contributed by atoms with Gasteiger partial charge in [0, 0.05) is 16.1 Å². The highest BCUT2D eigenvalue weighted by Crippen LogP contribution is 2.38. The van der Waals surface area contributed by atoms with Crippen LogP contribution in [0.15, 0.2) is 18.2 Å². The van der Waals surface area contributed by atoms with E-state index in [9.17, 15) is 4.39 Å². The van der Waals surface area contributed by atoms with Crippen molar-refractivity contribution in [2.24, 2.45) is 11.7 Å². The van der Waals surface area contributed by atoms with Gasteiger partial charge in [-0.25, -0.2) is 4.39 Å². The average molecular weight is 270 g/mol. The predicted octanol–water partition coefficient (Wildman–Crippen LogP) is 4.32. The average Bonchev–Trinajstić information content (AvgIpc) is 2.35. The smallest absolute Gasteiger partial charge is 0.127 e. The van der Waals surface area contributed by atoms with Gasteiger partial charge in [-0.05, 0) is 37.3 Å². The van der Waals surface area contributed by atoms with Crippen LogP contribution in [0.3, 0.4) is 0 Å². The van der Waals surface area contributed by atoms with Gasteiger partial charge in [0.15, 0.2) is 0 Å². The molecule has 0 amide bonds. The Balaban J connectivity index is 2.25. The molecule has 0 bridgehead atoms. The zero-order chi connectivity index (χ0) is 13.2. The zero-order valence-electron chi connectivity index (χ0n) is 10.9. The predicted molar refractivity (Wildman–Crippen MR) is 74.3 cm³/mol. The van der Waals surface area contributed by atoms with Crippen LogP contribution in [0, 0.1) is 11.7 Å². The van der Waals surface area contributed by atoms with E-state index in [2.05, 4.69) is 6.92 Å². The van der Waals surface area contributed by atoms with Gasteiger partial charge >= 0.3 is 0 Å². The minimum Gasteiger partial charge on any atom is -0.325 e. The Morgan fingerprint density at radius 2 is 2.22 bits per heavy atom. The Labute approximate surface area is 114 Å². The standard InChI is InChI=1S/C15H21ClFN/c1-2-11-6-3-4-9-15(11,18)10-12-13(16)7-5-8-14(12)17/h5,7-8,11H,2-4,6,9-10,18H2,1H3. The molecule has 0 aliphatic heterocycles. The van der Waals surface area contributed by atoms with Gasteiger partial charge < -0.3 is 5.73 Å². The Hall–Kier alpha value is -0.600. The van der Waals surface area contributed by atoms with Gasteiger partial charge in [0.1, 0.15) is 5.82 Å². The second kappa shape index (κ2) is 5.58. The first kappa shape index (κ1) is 13.8. The molecule has 0 radical (unpaired) electrons. The monoisotopic (exact) mass is 269 g/mol. The number of nitrogens with two attached hydrogens (primary N) is 1. The van der Waals surface area contributed by atoms with E-state index in [1.165, 1.54) is 12.5 Å². The fraction of sp³-hybridized carbons (Fsp3) is 0.600. The summed E-state index contributed by atoms with van der Waals surface area (Å²) in [6.07, 6.45) is 6.11. The van der Waals surface area contributed by atoms with Crippen LogP contribution in [0.25, 0.3) is 0 Å². The second-order valence-electron chi connectivity index (χ2n) is 5.46. The van der Waals surface area contributed by atoms with Crippen LogP contribution >= 0.6 is 11.6 Å². The van der Waals surface area contributed by atoms with Crippen LogP contribution in [0.5, 0.6) is 0 Å². The molecule has 3 heteroatoms. The van der Waals surface area contributed by atoms with Crippen molar-refractivity contribution >= 4 is 11.6 Å². The van der Waals surface area contributed by atoms with Crippen LogP contribution in [0.4, 0.5) is 4.39 Å². The van der Waals surface area contributed by atoms with Crippen molar-refractivity contribution in [3.8, 4) is 0 Å². The maximum Gasteiger partial charge on any atom is 0.127 e. The molecule has 2 unspecified atom stereocenters. The molecular formula is C15H21ClFN. The van der Waals surface area contributed by atoms with E-state index >= 15 is 0 Å². The number of rotatable bonds is 3. The van der Waals surface area contributed by atoms with Gasteiger partial charge in [0.2, 0.25) is 0 Å². The number of benzene rings is 1. The molecule has 2 N–H and O–H groups in total. The normalized spacial score (nSPS) is 28.3. The fourth-order valence-electron chi connectivity index (χ4n) is 3.21. The lowest BCUT2D eigenvalue weighted by molar-refractivity contribution is 0.181.